The summed E-state index contributed by atoms with van der Waals surface area (Å²) in [5.74, 6) is -0.992. The Kier molecular flexibility index (Phi) is 3.66. The van der Waals surface area contributed by atoms with E-state index in [1.54, 1.807) is 16.7 Å². The molecule has 1 aliphatic rings. The molecule has 0 aliphatic carbocycles. The Morgan fingerprint density at radius 3 is 2.64 bits per heavy atom. The third-order valence-corrected chi connectivity index (χ3v) is 5.43. The number of carbonyl (C=O) groups excluding carboxylic acids is 2. The van der Waals surface area contributed by atoms with Crippen LogP contribution in [0.3, 0.4) is 0 Å². The molecule has 0 bridgehead atoms. The second-order valence-corrected chi connectivity index (χ2v) is 6.98. The Morgan fingerprint density at radius 2 is 1.92 bits per heavy atom. The van der Waals surface area contributed by atoms with Gasteiger partial charge >= 0.3 is 0 Å². The third kappa shape index (κ3) is 2.63. The van der Waals surface area contributed by atoms with E-state index in [2.05, 4.69) is 4.98 Å². The first kappa shape index (κ1) is 15.6. The van der Waals surface area contributed by atoms with Gasteiger partial charge in [0.25, 0.3) is 17.5 Å². The fourth-order valence-electron chi connectivity index (χ4n) is 2.60. The maximum absolute atomic E-state index is 12.5. The summed E-state index contributed by atoms with van der Waals surface area (Å²) >= 11 is 3.01. The molecule has 0 unspecified atom stereocenters. The van der Waals surface area contributed by atoms with Crippen LogP contribution < -0.4 is 0 Å². The summed E-state index contributed by atoms with van der Waals surface area (Å²) < 4.78 is 0. The van der Waals surface area contributed by atoms with Crippen molar-refractivity contribution >= 4 is 40.2 Å². The van der Waals surface area contributed by atoms with Gasteiger partial charge in [0, 0.05) is 28.5 Å². The number of thiophene rings is 1. The van der Waals surface area contributed by atoms with Gasteiger partial charge in [-0.15, -0.1) is 11.3 Å². The third-order valence-electron chi connectivity index (χ3n) is 3.81. The Bertz CT molecular complexity index is 1010. The lowest BCUT2D eigenvalue weighted by atomic mass is 10.1. The highest BCUT2D eigenvalue weighted by Gasteiger charge is 2.37. The van der Waals surface area contributed by atoms with Crippen LogP contribution in [-0.4, -0.2) is 26.6 Å². The second kappa shape index (κ2) is 5.87. The number of hydrogen-bond acceptors (Lipinski definition) is 7. The highest BCUT2D eigenvalue weighted by molar-refractivity contribution is 7.14. The first-order valence-corrected chi connectivity index (χ1v) is 8.98. The normalized spacial score (nSPS) is 13.4. The molecule has 124 valence electrons. The number of fused-ring (bicyclic) bond motifs is 1. The van der Waals surface area contributed by atoms with Gasteiger partial charge in [-0.1, -0.05) is 0 Å². The standard InChI is InChI=1S/C16H9N3O4S2/c20-15-12-2-1-11(19(22)23)5-13(12)16(21)18(15)6-10-8-25-14(17-10)9-3-4-24-7-9/h1-5,7-8H,6H2. The molecule has 4 rings (SSSR count). The summed E-state index contributed by atoms with van der Waals surface area (Å²) in [6, 6.07) is 5.65. The van der Waals surface area contributed by atoms with Gasteiger partial charge in [0.05, 0.1) is 28.3 Å². The van der Waals surface area contributed by atoms with Gasteiger partial charge in [0.2, 0.25) is 0 Å². The minimum atomic E-state index is -0.589. The van der Waals surface area contributed by atoms with Crippen LogP contribution in [0, 0.1) is 10.1 Å². The van der Waals surface area contributed by atoms with Gasteiger partial charge in [-0.05, 0) is 17.5 Å². The lowest BCUT2D eigenvalue weighted by Gasteiger charge is -2.11. The molecule has 0 N–H and O–H groups in total. The van der Waals surface area contributed by atoms with Gasteiger partial charge in [0.15, 0.2) is 0 Å². The van der Waals surface area contributed by atoms with Crippen molar-refractivity contribution in [2.75, 3.05) is 0 Å². The Balaban J connectivity index is 1.61. The number of nitro groups is 1. The van der Waals surface area contributed by atoms with Crippen molar-refractivity contribution in [1.82, 2.24) is 9.88 Å². The summed E-state index contributed by atoms with van der Waals surface area (Å²) in [7, 11) is 0. The number of nitrogens with zero attached hydrogens (tertiary/aromatic N) is 3. The molecule has 0 saturated carbocycles. The number of non-ortho nitro benzene ring substituents is 1. The van der Waals surface area contributed by atoms with E-state index in [-0.39, 0.29) is 23.4 Å². The molecule has 3 heterocycles. The van der Waals surface area contributed by atoms with Crippen LogP contribution in [0.4, 0.5) is 5.69 Å². The van der Waals surface area contributed by atoms with Crippen LogP contribution in [-0.2, 0) is 6.54 Å². The molecule has 2 aromatic heterocycles. The number of thiazole rings is 1. The van der Waals surface area contributed by atoms with Crippen molar-refractivity contribution in [3.8, 4) is 10.6 Å². The van der Waals surface area contributed by atoms with Gasteiger partial charge in [-0.2, -0.15) is 11.3 Å². The predicted octanol–water partition coefficient (Wildman–Crippen LogP) is 3.58. The number of benzene rings is 1. The molecule has 0 radical (unpaired) electrons. The lowest BCUT2D eigenvalue weighted by Crippen LogP contribution is -2.29. The van der Waals surface area contributed by atoms with E-state index in [4.69, 9.17) is 0 Å². The Hall–Kier alpha value is -2.91. The van der Waals surface area contributed by atoms with E-state index >= 15 is 0 Å². The number of hydrogen-bond donors (Lipinski definition) is 0. The second-order valence-electron chi connectivity index (χ2n) is 5.34. The summed E-state index contributed by atoms with van der Waals surface area (Å²) in [6.07, 6.45) is 0. The van der Waals surface area contributed by atoms with E-state index in [1.807, 2.05) is 16.8 Å². The van der Waals surface area contributed by atoms with Gasteiger partial charge in [-0.25, -0.2) is 4.98 Å². The van der Waals surface area contributed by atoms with Crippen molar-refractivity contribution in [2.24, 2.45) is 0 Å². The van der Waals surface area contributed by atoms with E-state index in [0.717, 1.165) is 21.5 Å². The molecule has 2 amide bonds. The minimum Gasteiger partial charge on any atom is -0.269 e. The number of aromatic nitrogens is 1. The molecule has 0 spiro atoms. The molecule has 3 aromatic rings. The smallest absolute Gasteiger partial charge is 0.269 e. The van der Waals surface area contributed by atoms with Gasteiger partial charge in [0.1, 0.15) is 5.01 Å². The Labute approximate surface area is 149 Å². The van der Waals surface area contributed by atoms with Crippen molar-refractivity contribution in [1.29, 1.82) is 0 Å². The fraction of sp³-hybridized carbons (Fsp3) is 0.0625. The van der Waals surface area contributed by atoms with Crippen molar-refractivity contribution < 1.29 is 14.5 Å². The average molecular weight is 371 g/mol. The lowest BCUT2D eigenvalue weighted by molar-refractivity contribution is -0.384. The Morgan fingerprint density at radius 1 is 1.12 bits per heavy atom. The monoisotopic (exact) mass is 371 g/mol. The molecule has 0 atom stereocenters. The molecule has 1 aromatic carbocycles. The molecule has 7 nitrogen and oxygen atoms in total. The summed E-state index contributed by atoms with van der Waals surface area (Å²) in [5.41, 5.74) is 1.64. The average Bonchev–Trinajstić information content (AvgIpc) is 3.32. The number of carbonyl (C=O) groups is 2. The molecular formula is C16H9N3O4S2. The van der Waals surface area contributed by atoms with Crippen LogP contribution >= 0.6 is 22.7 Å². The van der Waals surface area contributed by atoms with Crippen molar-refractivity contribution in [2.45, 2.75) is 6.54 Å². The van der Waals surface area contributed by atoms with Crippen LogP contribution in [0.2, 0.25) is 0 Å². The molecule has 0 saturated heterocycles. The number of nitro benzene ring substituents is 1. The van der Waals surface area contributed by atoms with Crippen molar-refractivity contribution in [3.05, 3.63) is 67.3 Å². The van der Waals surface area contributed by atoms with Crippen LogP contribution in [0.1, 0.15) is 26.4 Å². The molecule has 1 aliphatic heterocycles. The van der Waals surface area contributed by atoms with E-state index in [1.165, 1.54) is 23.5 Å². The first-order valence-electron chi connectivity index (χ1n) is 7.16. The summed E-state index contributed by atoms with van der Waals surface area (Å²) in [4.78, 5) is 40.7. The molecule has 0 fully saturated rings. The maximum atomic E-state index is 12.5. The topological polar surface area (TPSA) is 93.4 Å². The first-order chi connectivity index (χ1) is 12.0. The zero-order chi connectivity index (χ0) is 17.6. The number of rotatable bonds is 4. The summed E-state index contributed by atoms with van der Waals surface area (Å²) in [5, 5.41) is 17.4. The quantitative estimate of drug-likeness (QED) is 0.397. The highest BCUT2D eigenvalue weighted by Crippen LogP contribution is 2.30. The predicted molar refractivity (Wildman–Crippen MR) is 92.7 cm³/mol. The fourth-order valence-corrected chi connectivity index (χ4v) is 4.12. The largest absolute Gasteiger partial charge is 0.270 e. The van der Waals surface area contributed by atoms with Crippen LogP contribution in [0.25, 0.3) is 10.6 Å². The zero-order valence-corrected chi connectivity index (χ0v) is 14.2. The van der Waals surface area contributed by atoms with E-state index < -0.39 is 16.7 Å². The zero-order valence-electron chi connectivity index (χ0n) is 12.5. The number of imide groups is 1. The highest BCUT2D eigenvalue weighted by atomic mass is 32.1. The SMILES string of the molecule is O=C1c2ccc([N+](=O)[O-])cc2C(=O)N1Cc1csc(-c2ccsc2)n1. The number of amides is 2. The van der Waals surface area contributed by atoms with E-state index in [9.17, 15) is 19.7 Å². The van der Waals surface area contributed by atoms with Crippen LogP contribution in [0.5, 0.6) is 0 Å². The van der Waals surface area contributed by atoms with Crippen LogP contribution in [0.15, 0.2) is 40.4 Å². The van der Waals surface area contributed by atoms with Crippen molar-refractivity contribution in [3.63, 3.8) is 0 Å². The van der Waals surface area contributed by atoms with E-state index in [0.29, 0.717) is 5.69 Å². The summed E-state index contributed by atoms with van der Waals surface area (Å²) in [6.45, 7) is 0.0424. The van der Waals surface area contributed by atoms with Gasteiger partial charge < -0.3 is 0 Å². The molecule has 25 heavy (non-hydrogen) atoms. The maximum Gasteiger partial charge on any atom is 0.270 e. The minimum absolute atomic E-state index is 0.0424. The molecule has 9 heteroatoms. The molecular weight excluding hydrogens is 362 g/mol. The van der Waals surface area contributed by atoms with Gasteiger partial charge in [-0.3, -0.25) is 24.6 Å².